The number of nitrogens with two attached hydrogens (primary N) is 1. The van der Waals surface area contributed by atoms with Crippen molar-refractivity contribution in [3.05, 3.63) is 107 Å². The average Bonchev–Trinajstić information content (AvgIpc) is 3.42. The monoisotopic (exact) mass is 598 g/mol. The Hall–Kier alpha value is -4.67. The normalized spacial score (nSPS) is 14.7. The predicted octanol–water partition coefficient (Wildman–Crippen LogP) is 6.60. The molecule has 5 aromatic rings. The van der Waals surface area contributed by atoms with Gasteiger partial charge in [0.1, 0.15) is 5.82 Å². The van der Waals surface area contributed by atoms with Crippen molar-refractivity contribution in [2.75, 3.05) is 44.3 Å². The highest BCUT2D eigenvalue weighted by Crippen LogP contribution is 2.33. The number of nitrogens with one attached hydrogen (secondary N) is 1. The van der Waals surface area contributed by atoms with Gasteiger partial charge in [0.2, 0.25) is 0 Å². The lowest BCUT2D eigenvalue weighted by atomic mass is 9.98. The van der Waals surface area contributed by atoms with Gasteiger partial charge in [-0.2, -0.15) is 13.2 Å². The Morgan fingerprint density at radius 3 is 2.50 bits per heavy atom. The molecule has 0 spiro atoms. The van der Waals surface area contributed by atoms with Gasteiger partial charge in [0.15, 0.2) is 0 Å². The number of benzene rings is 3. The van der Waals surface area contributed by atoms with Crippen LogP contribution in [0.5, 0.6) is 0 Å². The number of anilines is 2. The number of hydrogen-bond donors (Lipinski definition) is 2. The van der Waals surface area contributed by atoms with Crippen LogP contribution in [0.25, 0.3) is 27.7 Å². The van der Waals surface area contributed by atoms with Gasteiger partial charge < -0.3 is 20.5 Å². The van der Waals surface area contributed by atoms with Crippen LogP contribution in [0.3, 0.4) is 0 Å². The summed E-state index contributed by atoms with van der Waals surface area (Å²) in [5.74, 6) is -0.169. The molecule has 10 heteroatoms. The zero-order valence-electron chi connectivity index (χ0n) is 24.5. The fourth-order valence-corrected chi connectivity index (χ4v) is 5.66. The lowest BCUT2D eigenvalue weighted by Gasteiger charge is -2.32. The maximum absolute atomic E-state index is 13.8. The van der Waals surface area contributed by atoms with Crippen LogP contribution in [-0.2, 0) is 12.7 Å². The number of aryl methyl sites for hydroxylation is 1. The number of carbonyl (C=O) groups excluding carboxylic acids is 1. The van der Waals surface area contributed by atoms with Gasteiger partial charge in [-0.3, -0.25) is 9.69 Å². The number of piperazine rings is 1. The zero-order valence-corrected chi connectivity index (χ0v) is 24.5. The second-order valence-electron chi connectivity index (χ2n) is 11.4. The van der Waals surface area contributed by atoms with Crippen LogP contribution in [-0.4, -0.2) is 58.5 Å². The largest absolute Gasteiger partial charge is 0.416 e. The fraction of sp³-hybridized carbons (Fsp3) is 0.235. The minimum atomic E-state index is -4.57. The molecule has 44 heavy (non-hydrogen) atoms. The van der Waals surface area contributed by atoms with E-state index in [0.717, 1.165) is 71.6 Å². The Kier molecular flexibility index (Phi) is 7.87. The Bertz CT molecular complexity index is 1840. The van der Waals surface area contributed by atoms with Gasteiger partial charge in [0, 0.05) is 62.4 Å². The van der Waals surface area contributed by atoms with Crippen molar-refractivity contribution in [2.45, 2.75) is 19.6 Å². The van der Waals surface area contributed by atoms with Crippen LogP contribution >= 0.6 is 0 Å². The van der Waals surface area contributed by atoms with E-state index in [1.165, 1.54) is 0 Å². The van der Waals surface area contributed by atoms with E-state index in [0.29, 0.717) is 23.6 Å². The molecule has 1 aliphatic heterocycles. The second kappa shape index (κ2) is 11.8. The van der Waals surface area contributed by atoms with Gasteiger partial charge in [-0.15, -0.1) is 0 Å². The van der Waals surface area contributed by atoms with Crippen molar-refractivity contribution in [3.63, 3.8) is 0 Å². The summed E-state index contributed by atoms with van der Waals surface area (Å²) < 4.78 is 43.5. The zero-order chi connectivity index (χ0) is 31.0. The van der Waals surface area contributed by atoms with Gasteiger partial charge >= 0.3 is 6.18 Å². The Morgan fingerprint density at radius 2 is 1.75 bits per heavy atom. The molecule has 0 saturated carbocycles. The number of nitrogens with zero attached hydrogens (tertiary/aromatic N) is 4. The molecule has 1 aliphatic rings. The summed E-state index contributed by atoms with van der Waals surface area (Å²) in [7, 11) is 2.02. The molecule has 1 fully saturated rings. The molecule has 2 aromatic heterocycles. The molecule has 226 valence electrons. The van der Waals surface area contributed by atoms with Crippen LogP contribution in [0.2, 0.25) is 0 Å². The van der Waals surface area contributed by atoms with Crippen LogP contribution in [0.1, 0.15) is 27.0 Å². The maximum Gasteiger partial charge on any atom is 0.416 e. The molecule has 1 amide bonds. The molecule has 1 saturated heterocycles. The van der Waals surface area contributed by atoms with E-state index in [-0.39, 0.29) is 5.56 Å². The van der Waals surface area contributed by atoms with Gasteiger partial charge in [0.25, 0.3) is 5.91 Å². The topological polar surface area (TPSA) is 79.4 Å². The predicted molar refractivity (Wildman–Crippen MR) is 168 cm³/mol. The number of hydrogen-bond acceptors (Lipinski definition) is 5. The van der Waals surface area contributed by atoms with Crippen molar-refractivity contribution in [3.8, 4) is 16.8 Å². The number of rotatable bonds is 6. The first-order chi connectivity index (χ1) is 21.0. The molecule has 7 nitrogen and oxygen atoms in total. The lowest BCUT2D eigenvalue weighted by molar-refractivity contribution is -0.137. The lowest BCUT2D eigenvalue weighted by Crippen LogP contribution is -2.43. The van der Waals surface area contributed by atoms with Crippen molar-refractivity contribution in [1.29, 1.82) is 0 Å². The number of aromatic nitrogens is 2. The standard InChI is InChI=1S/C34H33F3N6O/c1-22-3-6-28(19-30(22)25-5-4-24-8-10-43(31(24)18-25)29-7-9-39-32(38)20-29)40-33(44)26-15-23(16-27(17-26)34(35,36)37)21-42-13-11-41(2)12-14-42/h3-10,15-20H,11-14,21H2,1-2H3,(H2,38,39)(H,40,44). The SMILES string of the molecule is Cc1ccc(NC(=O)c2cc(CN3CCN(C)CC3)cc(C(F)(F)F)c2)cc1-c1ccc2ccn(-c3ccnc(N)c3)c2c1. The highest BCUT2D eigenvalue weighted by molar-refractivity contribution is 6.05. The van der Waals surface area contributed by atoms with Crippen molar-refractivity contribution >= 4 is 28.3 Å². The third-order valence-electron chi connectivity index (χ3n) is 8.13. The number of alkyl halides is 3. The summed E-state index contributed by atoms with van der Waals surface area (Å²) in [6, 6.07) is 20.9. The van der Waals surface area contributed by atoms with E-state index in [9.17, 15) is 18.0 Å². The fourth-order valence-electron chi connectivity index (χ4n) is 5.66. The van der Waals surface area contributed by atoms with E-state index in [1.807, 2.05) is 61.1 Å². The summed E-state index contributed by atoms with van der Waals surface area (Å²) in [4.78, 5) is 21.7. The van der Waals surface area contributed by atoms with Gasteiger partial charge in [-0.05, 0) is 90.1 Å². The first-order valence-corrected chi connectivity index (χ1v) is 14.4. The van der Waals surface area contributed by atoms with Gasteiger partial charge in [0.05, 0.1) is 16.8 Å². The van der Waals surface area contributed by atoms with E-state index < -0.39 is 17.6 Å². The van der Waals surface area contributed by atoms with Crippen LogP contribution in [0, 0.1) is 6.92 Å². The summed E-state index contributed by atoms with van der Waals surface area (Å²) in [6.07, 6.45) is -0.932. The Labute approximate surface area is 253 Å². The number of fused-ring (bicyclic) bond motifs is 1. The average molecular weight is 599 g/mol. The molecule has 3 heterocycles. The molecule has 3 N–H and O–H groups in total. The van der Waals surface area contributed by atoms with Crippen LogP contribution in [0.15, 0.2) is 85.2 Å². The first kappa shape index (κ1) is 29.4. The molecule has 0 aliphatic carbocycles. The highest BCUT2D eigenvalue weighted by Gasteiger charge is 2.32. The molecule has 0 atom stereocenters. The number of likely N-dealkylation sites (N-methyl/N-ethyl adjacent to an activating group) is 1. The summed E-state index contributed by atoms with van der Waals surface area (Å²) in [5, 5.41) is 3.88. The molecular formula is C34H33F3N6O. The van der Waals surface area contributed by atoms with Crippen LogP contribution < -0.4 is 11.1 Å². The summed E-state index contributed by atoms with van der Waals surface area (Å²) in [6.45, 7) is 5.54. The number of nitrogen functional groups attached to an aromatic ring is 1. The number of pyridine rings is 1. The third-order valence-corrected chi connectivity index (χ3v) is 8.13. The Balaban J connectivity index is 1.28. The molecule has 0 unspecified atom stereocenters. The first-order valence-electron chi connectivity index (χ1n) is 14.4. The van der Waals surface area contributed by atoms with E-state index >= 15 is 0 Å². The van der Waals surface area contributed by atoms with Crippen molar-refractivity contribution < 1.29 is 18.0 Å². The smallest absolute Gasteiger partial charge is 0.384 e. The van der Waals surface area contributed by atoms with Crippen molar-refractivity contribution in [1.82, 2.24) is 19.4 Å². The summed E-state index contributed by atoms with van der Waals surface area (Å²) >= 11 is 0. The second-order valence-corrected chi connectivity index (χ2v) is 11.4. The number of halogens is 3. The highest BCUT2D eigenvalue weighted by atomic mass is 19.4. The van der Waals surface area contributed by atoms with E-state index in [1.54, 1.807) is 24.4 Å². The molecule has 0 bridgehead atoms. The van der Waals surface area contributed by atoms with Crippen LogP contribution in [0.4, 0.5) is 24.7 Å². The molecular weight excluding hydrogens is 565 g/mol. The molecule has 0 radical (unpaired) electrons. The minimum Gasteiger partial charge on any atom is -0.384 e. The number of carbonyl (C=O) groups is 1. The number of amides is 1. The third kappa shape index (κ3) is 6.31. The molecule has 6 rings (SSSR count). The minimum absolute atomic E-state index is 0.0260. The van der Waals surface area contributed by atoms with E-state index in [4.69, 9.17) is 5.73 Å². The van der Waals surface area contributed by atoms with Gasteiger partial charge in [-0.1, -0.05) is 18.2 Å². The molecule has 3 aromatic carbocycles. The Morgan fingerprint density at radius 1 is 0.955 bits per heavy atom. The van der Waals surface area contributed by atoms with E-state index in [2.05, 4.69) is 26.2 Å². The summed E-state index contributed by atoms with van der Waals surface area (Å²) in [5.41, 5.74) is 10.7. The quantitative estimate of drug-likeness (QED) is 0.230. The maximum atomic E-state index is 13.8. The van der Waals surface area contributed by atoms with Gasteiger partial charge in [-0.25, -0.2) is 4.98 Å². The van der Waals surface area contributed by atoms with Crippen molar-refractivity contribution in [2.24, 2.45) is 0 Å².